The Morgan fingerprint density at radius 2 is 1.38 bits per heavy atom. The number of hydrogen-bond donors (Lipinski definition) is 3. The van der Waals surface area contributed by atoms with Gasteiger partial charge in [0, 0.05) is 0 Å². The van der Waals surface area contributed by atoms with Gasteiger partial charge in [-0.2, -0.15) is 0 Å². The zero-order chi connectivity index (χ0) is 19.1. The highest BCUT2D eigenvalue weighted by molar-refractivity contribution is 5.27. The highest BCUT2D eigenvalue weighted by Gasteiger charge is 2.22. The van der Waals surface area contributed by atoms with Gasteiger partial charge in [-0.1, -0.05) is 70.4 Å². The molecule has 0 fully saturated rings. The maximum atomic E-state index is 9.23. The molecule has 4 N–H and O–H groups in total. The minimum atomic E-state index is -0.898. The number of nitrogens with two attached hydrogens (primary N) is 1. The van der Waals surface area contributed by atoms with E-state index in [0.29, 0.717) is 6.42 Å². The summed E-state index contributed by atoms with van der Waals surface area (Å²) in [6.45, 7) is 2.62. The second-order valence-electron chi connectivity index (χ2n) is 7.50. The SMILES string of the molecule is CCCCCCCCCCCOc1ccc(CCC(N)(CO)CO)cc1. The zero-order valence-corrected chi connectivity index (χ0v) is 16.6. The molecule has 0 aromatic heterocycles. The molecule has 0 saturated carbocycles. The van der Waals surface area contributed by atoms with Crippen molar-refractivity contribution in [2.45, 2.75) is 83.1 Å². The van der Waals surface area contributed by atoms with E-state index in [-0.39, 0.29) is 13.2 Å². The normalized spacial score (nSPS) is 11.7. The molecule has 0 amide bonds. The van der Waals surface area contributed by atoms with Crippen molar-refractivity contribution in [3.63, 3.8) is 0 Å². The van der Waals surface area contributed by atoms with Crippen molar-refractivity contribution in [2.75, 3.05) is 19.8 Å². The standard InChI is InChI=1S/C22H39NO3/c1-2-3-4-5-6-7-8-9-10-17-26-21-13-11-20(12-14-21)15-16-22(23,18-24)19-25/h11-14,24-25H,2-10,15-19,23H2,1H3. The quantitative estimate of drug-likeness (QED) is 0.384. The van der Waals surface area contributed by atoms with Crippen molar-refractivity contribution >= 4 is 0 Å². The van der Waals surface area contributed by atoms with E-state index in [4.69, 9.17) is 10.5 Å². The summed E-state index contributed by atoms with van der Waals surface area (Å²) in [5.74, 6) is 0.900. The summed E-state index contributed by atoms with van der Waals surface area (Å²) in [5, 5.41) is 18.5. The predicted molar refractivity (Wildman–Crippen MR) is 109 cm³/mol. The molecular formula is C22H39NO3. The smallest absolute Gasteiger partial charge is 0.119 e. The number of unbranched alkanes of at least 4 members (excludes halogenated alkanes) is 8. The molecule has 0 heterocycles. The molecule has 150 valence electrons. The maximum absolute atomic E-state index is 9.23. The highest BCUT2D eigenvalue weighted by atomic mass is 16.5. The fraction of sp³-hybridized carbons (Fsp3) is 0.727. The molecule has 26 heavy (non-hydrogen) atoms. The molecule has 0 spiro atoms. The van der Waals surface area contributed by atoms with Crippen LogP contribution >= 0.6 is 0 Å². The van der Waals surface area contributed by atoms with E-state index in [0.717, 1.165) is 30.8 Å². The fourth-order valence-corrected chi connectivity index (χ4v) is 2.96. The van der Waals surface area contributed by atoms with Gasteiger partial charge in [-0.25, -0.2) is 0 Å². The van der Waals surface area contributed by atoms with Gasteiger partial charge in [0.15, 0.2) is 0 Å². The molecule has 0 aliphatic rings. The van der Waals surface area contributed by atoms with Crippen molar-refractivity contribution in [1.29, 1.82) is 0 Å². The second kappa shape index (κ2) is 14.0. The molecule has 0 radical (unpaired) electrons. The number of benzene rings is 1. The third-order valence-corrected chi connectivity index (χ3v) is 4.98. The summed E-state index contributed by atoms with van der Waals surface area (Å²) in [6.07, 6.45) is 13.1. The molecule has 0 bridgehead atoms. The third kappa shape index (κ3) is 10.1. The van der Waals surface area contributed by atoms with Gasteiger partial charge in [-0.05, 0) is 37.0 Å². The van der Waals surface area contributed by atoms with Crippen LogP contribution in [0.2, 0.25) is 0 Å². The van der Waals surface area contributed by atoms with Crippen LogP contribution in [0.25, 0.3) is 0 Å². The molecule has 0 aliphatic carbocycles. The summed E-state index contributed by atoms with van der Waals surface area (Å²) >= 11 is 0. The molecule has 1 aromatic rings. The van der Waals surface area contributed by atoms with Gasteiger partial charge in [0.2, 0.25) is 0 Å². The summed E-state index contributed by atoms with van der Waals surface area (Å²) in [7, 11) is 0. The lowest BCUT2D eigenvalue weighted by molar-refractivity contribution is 0.115. The monoisotopic (exact) mass is 365 g/mol. The number of aryl methyl sites for hydroxylation is 1. The Balaban J connectivity index is 2.10. The Morgan fingerprint density at radius 1 is 0.846 bits per heavy atom. The van der Waals surface area contributed by atoms with Gasteiger partial charge in [0.1, 0.15) is 5.75 Å². The summed E-state index contributed by atoms with van der Waals surface area (Å²) in [5.41, 5.74) is 6.13. The highest BCUT2D eigenvalue weighted by Crippen LogP contribution is 2.17. The van der Waals surface area contributed by atoms with Crippen molar-refractivity contribution in [3.8, 4) is 5.75 Å². The van der Waals surface area contributed by atoms with Crippen LogP contribution in [0.1, 0.15) is 76.7 Å². The number of aliphatic hydroxyl groups is 2. The van der Waals surface area contributed by atoms with Crippen LogP contribution in [-0.2, 0) is 6.42 Å². The number of rotatable bonds is 16. The van der Waals surface area contributed by atoms with Gasteiger partial charge in [-0.3, -0.25) is 0 Å². The molecular weight excluding hydrogens is 326 g/mol. The van der Waals surface area contributed by atoms with Crippen LogP contribution in [0.4, 0.5) is 0 Å². The van der Waals surface area contributed by atoms with Crippen LogP contribution in [0.15, 0.2) is 24.3 Å². The lowest BCUT2D eigenvalue weighted by Crippen LogP contribution is -2.47. The van der Waals surface area contributed by atoms with E-state index in [1.807, 2.05) is 24.3 Å². The van der Waals surface area contributed by atoms with Crippen molar-refractivity contribution in [3.05, 3.63) is 29.8 Å². The van der Waals surface area contributed by atoms with Crippen LogP contribution in [0, 0.1) is 0 Å². The van der Waals surface area contributed by atoms with E-state index >= 15 is 0 Å². The van der Waals surface area contributed by atoms with Gasteiger partial charge in [0.25, 0.3) is 0 Å². The lowest BCUT2D eigenvalue weighted by Gasteiger charge is -2.24. The van der Waals surface area contributed by atoms with E-state index < -0.39 is 5.54 Å². The average molecular weight is 366 g/mol. The van der Waals surface area contributed by atoms with Gasteiger partial charge in [0.05, 0.1) is 25.4 Å². The Kier molecular flexibility index (Phi) is 12.4. The van der Waals surface area contributed by atoms with Crippen molar-refractivity contribution in [1.82, 2.24) is 0 Å². The molecule has 0 unspecified atom stereocenters. The molecule has 4 nitrogen and oxygen atoms in total. The Labute approximate surface area is 159 Å². The summed E-state index contributed by atoms with van der Waals surface area (Å²) < 4.78 is 5.80. The van der Waals surface area contributed by atoms with Crippen LogP contribution in [-0.4, -0.2) is 35.6 Å². The van der Waals surface area contributed by atoms with E-state index in [1.54, 1.807) is 0 Å². The largest absolute Gasteiger partial charge is 0.494 e. The van der Waals surface area contributed by atoms with Gasteiger partial charge >= 0.3 is 0 Å². The predicted octanol–water partition coefficient (Wildman–Crippen LogP) is 4.21. The Hall–Kier alpha value is -1.10. The fourth-order valence-electron chi connectivity index (χ4n) is 2.96. The van der Waals surface area contributed by atoms with E-state index in [9.17, 15) is 10.2 Å². The second-order valence-corrected chi connectivity index (χ2v) is 7.50. The van der Waals surface area contributed by atoms with Crippen molar-refractivity contribution in [2.24, 2.45) is 5.73 Å². The molecule has 1 aromatic carbocycles. The molecule has 4 heteroatoms. The first kappa shape index (κ1) is 22.9. The minimum absolute atomic E-state index is 0.205. The van der Waals surface area contributed by atoms with Crippen LogP contribution < -0.4 is 10.5 Å². The third-order valence-electron chi connectivity index (χ3n) is 4.98. The number of ether oxygens (including phenoxy) is 1. The zero-order valence-electron chi connectivity index (χ0n) is 16.6. The van der Waals surface area contributed by atoms with E-state index in [1.165, 1.54) is 51.4 Å². The number of hydrogen-bond acceptors (Lipinski definition) is 4. The molecule has 0 atom stereocenters. The van der Waals surface area contributed by atoms with E-state index in [2.05, 4.69) is 6.92 Å². The first-order valence-electron chi connectivity index (χ1n) is 10.4. The van der Waals surface area contributed by atoms with Gasteiger partial charge < -0.3 is 20.7 Å². The molecule has 0 saturated heterocycles. The van der Waals surface area contributed by atoms with Crippen LogP contribution in [0.5, 0.6) is 5.75 Å². The van der Waals surface area contributed by atoms with Gasteiger partial charge in [-0.15, -0.1) is 0 Å². The summed E-state index contributed by atoms with van der Waals surface area (Å²) in [4.78, 5) is 0. The lowest BCUT2D eigenvalue weighted by atomic mass is 9.94. The maximum Gasteiger partial charge on any atom is 0.119 e. The molecule has 1 rings (SSSR count). The Bertz CT molecular complexity index is 443. The first-order valence-corrected chi connectivity index (χ1v) is 10.4. The molecule has 0 aliphatic heterocycles. The first-order chi connectivity index (χ1) is 12.6. The topological polar surface area (TPSA) is 75.7 Å². The number of aliphatic hydroxyl groups excluding tert-OH is 2. The average Bonchev–Trinajstić information content (AvgIpc) is 2.68. The minimum Gasteiger partial charge on any atom is -0.494 e. The van der Waals surface area contributed by atoms with Crippen LogP contribution in [0.3, 0.4) is 0 Å². The Morgan fingerprint density at radius 3 is 1.92 bits per heavy atom. The van der Waals surface area contributed by atoms with Crippen molar-refractivity contribution < 1.29 is 14.9 Å². The summed E-state index contributed by atoms with van der Waals surface area (Å²) in [6, 6.07) is 8.03.